The van der Waals surface area contributed by atoms with Crippen LogP contribution in [-0.4, -0.2) is 12.5 Å². The van der Waals surface area contributed by atoms with Crippen molar-refractivity contribution in [2.75, 3.05) is 6.54 Å². The fraction of sp³-hybridized carbons (Fsp3) is 0.300. The Labute approximate surface area is 88.3 Å². The molecule has 1 fully saturated rings. The van der Waals surface area contributed by atoms with Crippen LogP contribution in [0.15, 0.2) is 6.07 Å². The molecule has 1 aromatic carbocycles. The molecule has 1 unspecified atom stereocenters. The molecule has 1 heterocycles. The number of halogens is 4. The second kappa shape index (κ2) is 3.77. The minimum atomic E-state index is -1.45. The van der Waals surface area contributed by atoms with Gasteiger partial charge in [-0.25, -0.2) is 17.6 Å². The topological polar surface area (TPSA) is 29.1 Å². The van der Waals surface area contributed by atoms with Gasteiger partial charge in [-0.05, 0) is 0 Å². The van der Waals surface area contributed by atoms with Gasteiger partial charge in [0.15, 0.2) is 23.3 Å². The van der Waals surface area contributed by atoms with Crippen molar-refractivity contribution in [1.82, 2.24) is 5.32 Å². The summed E-state index contributed by atoms with van der Waals surface area (Å²) in [5, 5.41) is 2.34. The number of carbonyl (C=O) groups excluding carboxylic acids is 1. The molecule has 0 bridgehead atoms. The Morgan fingerprint density at radius 2 is 1.69 bits per heavy atom. The summed E-state index contributed by atoms with van der Waals surface area (Å²) in [7, 11) is 0. The zero-order valence-corrected chi connectivity index (χ0v) is 7.99. The SMILES string of the molecule is O=C1CC(c2c(F)c(F)cc(F)c2F)CN1. The van der Waals surface area contributed by atoms with Gasteiger partial charge in [0, 0.05) is 30.5 Å². The average Bonchev–Trinajstić information content (AvgIpc) is 2.62. The highest BCUT2D eigenvalue weighted by Gasteiger charge is 2.31. The lowest BCUT2D eigenvalue weighted by Crippen LogP contribution is -2.14. The normalized spacial score (nSPS) is 20.0. The number of benzene rings is 1. The molecule has 86 valence electrons. The van der Waals surface area contributed by atoms with E-state index in [-0.39, 0.29) is 19.0 Å². The van der Waals surface area contributed by atoms with E-state index in [0.717, 1.165) is 0 Å². The molecule has 0 radical (unpaired) electrons. The first-order chi connectivity index (χ1) is 7.50. The van der Waals surface area contributed by atoms with E-state index in [9.17, 15) is 22.4 Å². The number of nitrogens with one attached hydrogen (secondary N) is 1. The minimum absolute atomic E-state index is 0.0183. The molecule has 1 atom stereocenters. The van der Waals surface area contributed by atoms with Crippen molar-refractivity contribution < 1.29 is 22.4 Å². The highest BCUT2D eigenvalue weighted by atomic mass is 19.2. The summed E-state index contributed by atoms with van der Waals surface area (Å²) < 4.78 is 52.4. The summed E-state index contributed by atoms with van der Waals surface area (Å²) in [6.45, 7) is -0.0183. The van der Waals surface area contributed by atoms with Gasteiger partial charge in [-0.2, -0.15) is 0 Å². The van der Waals surface area contributed by atoms with Crippen LogP contribution in [0.3, 0.4) is 0 Å². The summed E-state index contributed by atoms with van der Waals surface area (Å²) >= 11 is 0. The van der Waals surface area contributed by atoms with Crippen LogP contribution in [0.5, 0.6) is 0 Å². The van der Waals surface area contributed by atoms with Crippen LogP contribution in [0.2, 0.25) is 0 Å². The Bertz CT molecular complexity index is 434. The molecule has 0 spiro atoms. The van der Waals surface area contributed by atoms with E-state index >= 15 is 0 Å². The summed E-state index contributed by atoms with van der Waals surface area (Å²) in [5.41, 5.74) is -0.698. The van der Waals surface area contributed by atoms with Crippen LogP contribution in [0, 0.1) is 23.3 Å². The Hall–Kier alpha value is -1.59. The van der Waals surface area contributed by atoms with Crippen LogP contribution < -0.4 is 5.32 Å². The third-order valence-corrected chi connectivity index (χ3v) is 2.53. The highest BCUT2D eigenvalue weighted by Crippen LogP contribution is 2.30. The van der Waals surface area contributed by atoms with Crippen molar-refractivity contribution in [2.24, 2.45) is 0 Å². The van der Waals surface area contributed by atoms with Crippen molar-refractivity contribution >= 4 is 5.91 Å². The van der Waals surface area contributed by atoms with E-state index in [2.05, 4.69) is 5.32 Å². The quantitative estimate of drug-likeness (QED) is 0.582. The van der Waals surface area contributed by atoms with Crippen LogP contribution in [-0.2, 0) is 4.79 Å². The fourth-order valence-electron chi connectivity index (χ4n) is 1.76. The third kappa shape index (κ3) is 1.64. The first-order valence-corrected chi connectivity index (χ1v) is 4.60. The van der Waals surface area contributed by atoms with E-state index in [1.807, 2.05) is 0 Å². The zero-order valence-electron chi connectivity index (χ0n) is 7.99. The molecule has 6 heteroatoms. The van der Waals surface area contributed by atoms with E-state index in [4.69, 9.17) is 0 Å². The highest BCUT2D eigenvalue weighted by molar-refractivity contribution is 5.79. The Morgan fingerprint density at radius 1 is 1.12 bits per heavy atom. The van der Waals surface area contributed by atoms with E-state index < -0.39 is 40.7 Å². The van der Waals surface area contributed by atoms with Gasteiger partial charge in [-0.3, -0.25) is 4.79 Å². The monoisotopic (exact) mass is 233 g/mol. The Morgan fingerprint density at radius 3 is 2.12 bits per heavy atom. The average molecular weight is 233 g/mol. The van der Waals surface area contributed by atoms with E-state index in [0.29, 0.717) is 0 Å². The summed E-state index contributed by atoms with van der Waals surface area (Å²) in [5.74, 6) is -7.02. The molecular formula is C10H7F4NO. The van der Waals surface area contributed by atoms with Crippen molar-refractivity contribution in [3.63, 3.8) is 0 Å². The number of hydrogen-bond donors (Lipinski definition) is 1. The third-order valence-electron chi connectivity index (χ3n) is 2.53. The molecule has 1 aliphatic rings. The molecular weight excluding hydrogens is 226 g/mol. The second-order valence-electron chi connectivity index (χ2n) is 3.59. The van der Waals surface area contributed by atoms with Crippen molar-refractivity contribution in [3.8, 4) is 0 Å². The number of carbonyl (C=O) groups is 1. The lowest BCUT2D eigenvalue weighted by molar-refractivity contribution is -0.119. The van der Waals surface area contributed by atoms with Gasteiger partial charge in [-0.15, -0.1) is 0 Å². The smallest absolute Gasteiger partial charge is 0.220 e. The molecule has 2 nitrogen and oxygen atoms in total. The number of hydrogen-bond acceptors (Lipinski definition) is 1. The van der Waals surface area contributed by atoms with Crippen LogP contribution in [0.1, 0.15) is 17.9 Å². The number of amides is 1. The lowest BCUT2D eigenvalue weighted by Gasteiger charge is -2.11. The van der Waals surface area contributed by atoms with Gasteiger partial charge in [0.25, 0.3) is 0 Å². The Kier molecular flexibility index (Phi) is 2.57. The minimum Gasteiger partial charge on any atom is -0.355 e. The zero-order chi connectivity index (χ0) is 11.9. The molecule has 0 aliphatic carbocycles. The molecule has 1 aliphatic heterocycles. The first kappa shape index (κ1) is 10.9. The Balaban J connectivity index is 2.51. The van der Waals surface area contributed by atoms with Crippen molar-refractivity contribution in [3.05, 3.63) is 34.9 Å². The first-order valence-electron chi connectivity index (χ1n) is 4.60. The van der Waals surface area contributed by atoms with E-state index in [1.165, 1.54) is 0 Å². The molecule has 1 amide bonds. The molecule has 16 heavy (non-hydrogen) atoms. The summed E-state index contributed by atoms with van der Waals surface area (Å²) in [6.07, 6.45) is -0.170. The fourth-order valence-corrected chi connectivity index (χ4v) is 1.76. The standard InChI is InChI=1S/C10H7F4NO/c11-5-2-6(12)10(14)8(9(5)13)4-1-7(16)15-3-4/h2,4H,1,3H2,(H,15,16). The maximum absolute atomic E-state index is 13.3. The largest absolute Gasteiger partial charge is 0.355 e. The molecule has 1 N–H and O–H groups in total. The van der Waals surface area contributed by atoms with E-state index in [1.54, 1.807) is 0 Å². The summed E-state index contributed by atoms with van der Waals surface area (Å²) in [6, 6.07) is 0.151. The van der Waals surface area contributed by atoms with Crippen LogP contribution in [0.25, 0.3) is 0 Å². The van der Waals surface area contributed by atoms with Gasteiger partial charge in [0.05, 0.1) is 0 Å². The molecule has 0 saturated carbocycles. The van der Waals surface area contributed by atoms with Crippen LogP contribution >= 0.6 is 0 Å². The predicted octanol–water partition coefficient (Wildman–Crippen LogP) is 1.85. The van der Waals surface area contributed by atoms with Gasteiger partial charge in [0.2, 0.25) is 5.91 Å². The van der Waals surface area contributed by atoms with Gasteiger partial charge >= 0.3 is 0 Å². The molecule has 2 rings (SSSR count). The number of rotatable bonds is 1. The molecule has 1 aromatic rings. The maximum atomic E-state index is 13.3. The van der Waals surface area contributed by atoms with Gasteiger partial charge < -0.3 is 5.32 Å². The molecule has 0 aromatic heterocycles. The predicted molar refractivity (Wildman–Crippen MR) is 46.6 cm³/mol. The van der Waals surface area contributed by atoms with Crippen molar-refractivity contribution in [2.45, 2.75) is 12.3 Å². The van der Waals surface area contributed by atoms with Gasteiger partial charge in [-0.1, -0.05) is 0 Å². The maximum Gasteiger partial charge on any atom is 0.220 e. The summed E-state index contributed by atoms with van der Waals surface area (Å²) in [4.78, 5) is 10.9. The van der Waals surface area contributed by atoms with Crippen molar-refractivity contribution in [1.29, 1.82) is 0 Å². The molecule has 1 saturated heterocycles. The second-order valence-corrected chi connectivity index (χ2v) is 3.59. The van der Waals surface area contributed by atoms with Gasteiger partial charge in [0.1, 0.15) is 0 Å². The lowest BCUT2D eigenvalue weighted by atomic mass is 9.96. The van der Waals surface area contributed by atoms with Crippen LogP contribution in [0.4, 0.5) is 17.6 Å².